The van der Waals surface area contributed by atoms with Gasteiger partial charge in [0.2, 0.25) is 5.91 Å². The van der Waals surface area contributed by atoms with E-state index in [-0.39, 0.29) is 28.4 Å². The highest BCUT2D eigenvalue weighted by Gasteiger charge is 2.37. The van der Waals surface area contributed by atoms with Gasteiger partial charge in [-0.1, -0.05) is 37.3 Å². The molecule has 1 aliphatic heterocycles. The van der Waals surface area contributed by atoms with Crippen LogP contribution in [0.2, 0.25) is 0 Å². The number of rotatable bonds is 9. The van der Waals surface area contributed by atoms with Crippen LogP contribution in [0, 0.1) is 0 Å². The van der Waals surface area contributed by atoms with Crippen LogP contribution < -0.4 is 4.90 Å². The molecule has 0 saturated heterocycles. The first-order valence-electron chi connectivity index (χ1n) is 11.2. The lowest BCUT2D eigenvalue weighted by atomic mass is 10.1. The number of hydrogen-bond donors (Lipinski definition) is 0. The van der Waals surface area contributed by atoms with E-state index < -0.39 is 34.1 Å². The molecule has 12 heteroatoms. The first-order chi connectivity index (χ1) is 16.6. The van der Waals surface area contributed by atoms with Crippen molar-refractivity contribution in [2.24, 2.45) is 0 Å². The molecular weight excluding hydrogens is 524 g/mol. The zero-order chi connectivity index (χ0) is 25.3. The summed E-state index contributed by atoms with van der Waals surface area (Å²) in [5.74, 6) is -1.43. The molecule has 36 heavy (non-hydrogen) atoms. The normalized spacial score (nSPS) is 13.3. The lowest BCUT2D eigenvalue weighted by molar-refractivity contribution is -0.119. The van der Waals surface area contributed by atoms with Crippen LogP contribution in [-0.2, 0) is 14.6 Å². The van der Waals surface area contributed by atoms with Gasteiger partial charge in [0, 0.05) is 19.3 Å². The quantitative estimate of drug-likeness (QED) is 0.377. The Bertz CT molecular complexity index is 1380. The molecule has 0 spiro atoms. The van der Waals surface area contributed by atoms with Crippen molar-refractivity contribution < 1.29 is 22.8 Å². The molecule has 0 radical (unpaired) electrons. The van der Waals surface area contributed by atoms with Crippen LogP contribution >= 0.6 is 23.7 Å². The Labute approximate surface area is 220 Å². The molecule has 192 valence electrons. The Morgan fingerprint density at radius 2 is 1.61 bits per heavy atom. The van der Waals surface area contributed by atoms with Crippen molar-refractivity contribution in [2.45, 2.75) is 18.7 Å². The number of aromatic nitrogens is 1. The first-order valence-corrected chi connectivity index (χ1v) is 13.9. The monoisotopic (exact) mass is 550 g/mol. The minimum Gasteiger partial charge on any atom is -0.302 e. The smallest absolute Gasteiger partial charge is 0.262 e. The number of thiazole rings is 1. The largest absolute Gasteiger partial charge is 0.302 e. The number of anilines is 1. The second kappa shape index (κ2) is 11.0. The lowest BCUT2D eigenvalue weighted by Gasteiger charge is -2.26. The summed E-state index contributed by atoms with van der Waals surface area (Å²) in [5, 5.41) is 0.388. The summed E-state index contributed by atoms with van der Waals surface area (Å²) in [6.45, 7) is 6.13. The summed E-state index contributed by atoms with van der Waals surface area (Å²) in [5.41, 5.74) is 1.14. The molecule has 3 aromatic rings. The van der Waals surface area contributed by atoms with Gasteiger partial charge in [-0.15, -0.1) is 12.4 Å². The molecule has 0 bridgehead atoms. The van der Waals surface area contributed by atoms with E-state index in [1.807, 2.05) is 13.8 Å². The zero-order valence-electron chi connectivity index (χ0n) is 20.1. The molecule has 0 fully saturated rings. The van der Waals surface area contributed by atoms with Crippen molar-refractivity contribution >= 4 is 66.7 Å². The molecule has 2 aromatic carbocycles. The molecule has 0 N–H and O–H groups in total. The van der Waals surface area contributed by atoms with Gasteiger partial charge in [-0.05, 0) is 43.4 Å². The fourth-order valence-electron chi connectivity index (χ4n) is 3.95. The van der Waals surface area contributed by atoms with Crippen LogP contribution in [0.4, 0.5) is 5.13 Å². The van der Waals surface area contributed by atoms with E-state index in [1.165, 1.54) is 22.3 Å². The topological polar surface area (TPSA) is 108 Å². The second-order valence-electron chi connectivity index (χ2n) is 8.21. The van der Waals surface area contributed by atoms with Crippen molar-refractivity contribution in [3.05, 3.63) is 53.6 Å². The van der Waals surface area contributed by atoms with Gasteiger partial charge in [-0.3, -0.25) is 24.2 Å². The number of imide groups is 1. The first kappa shape index (κ1) is 27.7. The molecule has 0 atom stereocenters. The van der Waals surface area contributed by atoms with Crippen LogP contribution in [0.5, 0.6) is 0 Å². The van der Waals surface area contributed by atoms with Crippen molar-refractivity contribution in [1.82, 2.24) is 14.8 Å². The molecule has 0 saturated carbocycles. The van der Waals surface area contributed by atoms with Gasteiger partial charge in [-0.2, -0.15) is 0 Å². The molecule has 9 nitrogen and oxygen atoms in total. The number of nitrogens with zero attached hydrogens (tertiary/aromatic N) is 4. The number of sulfone groups is 1. The molecule has 1 aromatic heterocycles. The molecule has 3 amide bonds. The minimum atomic E-state index is -3.39. The van der Waals surface area contributed by atoms with Gasteiger partial charge >= 0.3 is 0 Å². The van der Waals surface area contributed by atoms with Crippen molar-refractivity contribution in [2.75, 3.05) is 43.9 Å². The third kappa shape index (κ3) is 5.44. The van der Waals surface area contributed by atoms with Crippen LogP contribution in [0.1, 0.15) is 34.6 Å². The summed E-state index contributed by atoms with van der Waals surface area (Å²) in [6, 6.07) is 11.2. The van der Waals surface area contributed by atoms with E-state index in [4.69, 9.17) is 0 Å². The number of benzene rings is 2. The summed E-state index contributed by atoms with van der Waals surface area (Å²) in [6.07, 6.45) is 1.14. The third-order valence-corrected chi connectivity index (χ3v) is 8.17. The summed E-state index contributed by atoms with van der Waals surface area (Å²) >= 11 is 1.20. The Balaban J connectivity index is 0.00000361. The lowest BCUT2D eigenvalue weighted by Crippen LogP contribution is -2.45. The number of carbonyl (C=O) groups is 3. The summed E-state index contributed by atoms with van der Waals surface area (Å²) in [4.78, 5) is 48.4. The maximum absolute atomic E-state index is 13.5. The maximum Gasteiger partial charge on any atom is 0.262 e. The number of carbonyl (C=O) groups excluding carboxylic acids is 3. The third-order valence-electron chi connectivity index (χ3n) is 6.01. The average Bonchev–Trinajstić information content (AvgIpc) is 3.36. The van der Waals surface area contributed by atoms with Crippen molar-refractivity contribution in [1.29, 1.82) is 0 Å². The summed E-state index contributed by atoms with van der Waals surface area (Å²) < 4.78 is 24.6. The Kier molecular flexibility index (Phi) is 8.50. The van der Waals surface area contributed by atoms with Crippen LogP contribution in [0.15, 0.2) is 47.4 Å². The van der Waals surface area contributed by atoms with E-state index in [0.717, 1.165) is 24.2 Å². The van der Waals surface area contributed by atoms with Crippen LogP contribution in [-0.4, -0.2) is 79.9 Å². The standard InChI is InChI=1S/C24H26N4O5S2.ClH/c1-4-26(5-2)12-13-27(24-25-19-11-10-16(35(3,32)33)14-20(19)34-24)21(29)15-28-22(30)17-8-6-7-9-18(17)23(28)31;/h6-11,14H,4-5,12-13,15H2,1-3H3;1H. The van der Waals surface area contributed by atoms with E-state index in [2.05, 4.69) is 9.88 Å². The molecule has 0 unspecified atom stereocenters. The Hall–Kier alpha value is -2.86. The molecule has 2 heterocycles. The fourth-order valence-corrected chi connectivity index (χ4v) is 5.72. The SMILES string of the molecule is CCN(CC)CCN(C(=O)CN1C(=O)c2ccccc2C1=O)c1nc2ccc(S(C)(=O)=O)cc2s1.Cl. The number of likely N-dealkylation sites (N-methyl/N-ethyl adjacent to an activating group) is 1. The molecule has 1 aliphatic rings. The van der Waals surface area contributed by atoms with E-state index in [0.29, 0.717) is 28.4 Å². The van der Waals surface area contributed by atoms with Gasteiger partial charge in [0.15, 0.2) is 15.0 Å². The van der Waals surface area contributed by atoms with Crippen molar-refractivity contribution in [3.8, 4) is 0 Å². The van der Waals surface area contributed by atoms with E-state index in [1.54, 1.807) is 36.4 Å². The van der Waals surface area contributed by atoms with Gasteiger partial charge < -0.3 is 4.90 Å². The van der Waals surface area contributed by atoms with Gasteiger partial charge in [0.25, 0.3) is 11.8 Å². The van der Waals surface area contributed by atoms with Crippen molar-refractivity contribution in [3.63, 3.8) is 0 Å². The highest BCUT2D eigenvalue weighted by molar-refractivity contribution is 7.90. The number of hydrogen-bond acceptors (Lipinski definition) is 8. The zero-order valence-corrected chi connectivity index (χ0v) is 22.6. The maximum atomic E-state index is 13.5. The fraction of sp³-hybridized carbons (Fsp3) is 0.333. The predicted molar refractivity (Wildman–Crippen MR) is 142 cm³/mol. The minimum absolute atomic E-state index is 0. The second-order valence-corrected chi connectivity index (χ2v) is 11.2. The Morgan fingerprint density at radius 3 is 2.17 bits per heavy atom. The number of amides is 3. The van der Waals surface area contributed by atoms with Crippen LogP contribution in [0.25, 0.3) is 10.2 Å². The molecular formula is C24H27ClN4O5S2. The highest BCUT2D eigenvalue weighted by atomic mass is 35.5. The van der Waals surface area contributed by atoms with Gasteiger partial charge in [0.05, 0.1) is 26.2 Å². The van der Waals surface area contributed by atoms with E-state index in [9.17, 15) is 22.8 Å². The van der Waals surface area contributed by atoms with Gasteiger partial charge in [0.1, 0.15) is 6.54 Å². The highest BCUT2D eigenvalue weighted by Crippen LogP contribution is 2.31. The van der Waals surface area contributed by atoms with Crippen LogP contribution in [0.3, 0.4) is 0 Å². The average molecular weight is 551 g/mol. The van der Waals surface area contributed by atoms with Gasteiger partial charge in [-0.25, -0.2) is 13.4 Å². The molecule has 0 aliphatic carbocycles. The molecule has 4 rings (SSSR count). The predicted octanol–water partition coefficient (Wildman–Crippen LogP) is 3.09. The van der Waals surface area contributed by atoms with E-state index >= 15 is 0 Å². The Morgan fingerprint density at radius 1 is 1.00 bits per heavy atom. The summed E-state index contributed by atoms with van der Waals surface area (Å²) in [7, 11) is -3.39. The number of fused-ring (bicyclic) bond motifs is 2. The number of halogens is 1.